The molecule has 2 aromatic rings. The number of hydrogen-bond acceptors (Lipinski definition) is 3. The van der Waals surface area contributed by atoms with Gasteiger partial charge in [0.1, 0.15) is 6.54 Å². The van der Waals surface area contributed by atoms with Crippen LogP contribution in [-0.4, -0.2) is 51.7 Å². The number of amides is 1. The molecular weight excluding hydrogens is 394 g/mol. The van der Waals surface area contributed by atoms with E-state index in [0.29, 0.717) is 38.3 Å². The molecule has 1 aromatic heterocycles. The van der Waals surface area contributed by atoms with Gasteiger partial charge in [-0.25, -0.2) is 8.78 Å². The molecule has 0 spiro atoms. The number of nitrogens with zero attached hydrogens (tertiary/aromatic N) is 4. The number of halogens is 3. The minimum Gasteiger partial charge on any atom is -0.339 e. The molecule has 134 valence electrons. The van der Waals surface area contributed by atoms with Gasteiger partial charge < -0.3 is 4.90 Å². The van der Waals surface area contributed by atoms with Crippen molar-refractivity contribution >= 4 is 21.8 Å². The van der Waals surface area contributed by atoms with E-state index in [0.717, 1.165) is 16.2 Å². The van der Waals surface area contributed by atoms with Crippen LogP contribution >= 0.6 is 15.9 Å². The fraction of sp³-hybridized carbons (Fsp3) is 0.412. The maximum Gasteiger partial charge on any atom is 0.244 e. The molecule has 0 unspecified atom stereocenters. The van der Waals surface area contributed by atoms with Crippen LogP contribution in [0.1, 0.15) is 11.3 Å². The topological polar surface area (TPSA) is 41.4 Å². The van der Waals surface area contributed by atoms with Gasteiger partial charge in [-0.1, -0.05) is 12.1 Å². The molecule has 0 atom stereocenters. The minimum absolute atomic E-state index is 0.00952. The van der Waals surface area contributed by atoms with E-state index in [9.17, 15) is 13.6 Å². The lowest BCUT2D eigenvalue weighted by atomic mass is 10.1. The van der Waals surface area contributed by atoms with Gasteiger partial charge in [-0.15, -0.1) is 0 Å². The predicted molar refractivity (Wildman–Crippen MR) is 92.9 cm³/mol. The molecule has 1 amide bonds. The lowest BCUT2D eigenvalue weighted by Crippen LogP contribution is -2.49. The van der Waals surface area contributed by atoms with Crippen LogP contribution in [0, 0.1) is 18.6 Å². The van der Waals surface area contributed by atoms with E-state index in [2.05, 4.69) is 21.0 Å². The van der Waals surface area contributed by atoms with Crippen molar-refractivity contribution in [1.29, 1.82) is 0 Å². The number of hydrogen-bond donors (Lipinski definition) is 0. The second kappa shape index (κ2) is 7.61. The summed E-state index contributed by atoms with van der Waals surface area (Å²) in [5.74, 6) is -1.61. The lowest BCUT2D eigenvalue weighted by molar-refractivity contribution is -0.133. The van der Waals surface area contributed by atoms with E-state index in [4.69, 9.17) is 0 Å². The smallest absolute Gasteiger partial charge is 0.244 e. The molecule has 0 N–H and O–H groups in total. The zero-order chi connectivity index (χ0) is 18.0. The van der Waals surface area contributed by atoms with Crippen LogP contribution in [0.2, 0.25) is 0 Å². The summed E-state index contributed by atoms with van der Waals surface area (Å²) in [7, 11) is 0. The van der Waals surface area contributed by atoms with Crippen LogP contribution in [0.5, 0.6) is 0 Å². The van der Waals surface area contributed by atoms with Crippen LogP contribution in [0.25, 0.3) is 0 Å². The summed E-state index contributed by atoms with van der Waals surface area (Å²) < 4.78 is 29.6. The van der Waals surface area contributed by atoms with Crippen LogP contribution in [-0.2, 0) is 17.9 Å². The van der Waals surface area contributed by atoms with E-state index < -0.39 is 11.6 Å². The Balaban J connectivity index is 1.54. The summed E-state index contributed by atoms with van der Waals surface area (Å²) >= 11 is 3.38. The van der Waals surface area contributed by atoms with Crippen molar-refractivity contribution in [1.82, 2.24) is 19.6 Å². The normalized spacial score (nSPS) is 15.6. The number of benzene rings is 1. The van der Waals surface area contributed by atoms with Crippen molar-refractivity contribution in [2.45, 2.75) is 20.0 Å². The van der Waals surface area contributed by atoms with Gasteiger partial charge in [0.05, 0.1) is 16.4 Å². The highest BCUT2D eigenvalue weighted by Crippen LogP contribution is 2.16. The SMILES string of the molecule is Cc1c(Br)cnn1CC(=O)N1CCN(Cc2cccc(F)c2F)CC1. The molecule has 0 aliphatic carbocycles. The number of aromatic nitrogens is 2. The van der Waals surface area contributed by atoms with Crippen LogP contribution in [0.4, 0.5) is 8.78 Å². The van der Waals surface area contributed by atoms with E-state index in [1.807, 2.05) is 11.8 Å². The third kappa shape index (κ3) is 4.07. The Labute approximate surface area is 153 Å². The molecule has 1 aliphatic heterocycles. The number of carbonyl (C=O) groups excluding carboxylic acids is 1. The largest absolute Gasteiger partial charge is 0.339 e. The fourth-order valence-electron chi connectivity index (χ4n) is 2.88. The van der Waals surface area contributed by atoms with Crippen LogP contribution in [0.3, 0.4) is 0 Å². The highest BCUT2D eigenvalue weighted by atomic mass is 79.9. The third-order valence-electron chi connectivity index (χ3n) is 4.48. The molecule has 0 radical (unpaired) electrons. The Hall–Kier alpha value is -1.80. The van der Waals surface area contributed by atoms with Crippen molar-refractivity contribution in [3.63, 3.8) is 0 Å². The maximum atomic E-state index is 13.8. The van der Waals surface area contributed by atoms with Gasteiger partial charge in [0.25, 0.3) is 0 Å². The molecule has 1 saturated heterocycles. The van der Waals surface area contributed by atoms with Crippen molar-refractivity contribution in [2.24, 2.45) is 0 Å². The Morgan fingerprint density at radius 3 is 2.60 bits per heavy atom. The van der Waals surface area contributed by atoms with Crippen molar-refractivity contribution < 1.29 is 13.6 Å². The minimum atomic E-state index is -0.827. The second-order valence-corrected chi connectivity index (χ2v) is 6.96. The van der Waals surface area contributed by atoms with E-state index in [1.54, 1.807) is 21.8 Å². The van der Waals surface area contributed by atoms with Gasteiger partial charge in [-0.05, 0) is 28.9 Å². The molecule has 1 aromatic carbocycles. The maximum absolute atomic E-state index is 13.8. The molecule has 1 fully saturated rings. The second-order valence-electron chi connectivity index (χ2n) is 6.11. The number of carbonyl (C=O) groups is 1. The summed E-state index contributed by atoms with van der Waals surface area (Å²) in [4.78, 5) is 16.2. The van der Waals surface area contributed by atoms with Crippen LogP contribution in [0.15, 0.2) is 28.9 Å². The Morgan fingerprint density at radius 1 is 1.24 bits per heavy atom. The Morgan fingerprint density at radius 2 is 1.96 bits per heavy atom. The van der Waals surface area contributed by atoms with E-state index >= 15 is 0 Å². The van der Waals surface area contributed by atoms with E-state index in [1.165, 1.54) is 6.07 Å². The molecule has 1 aliphatic rings. The van der Waals surface area contributed by atoms with Gasteiger partial charge in [0.15, 0.2) is 11.6 Å². The Bertz CT molecular complexity index is 772. The van der Waals surface area contributed by atoms with Crippen molar-refractivity contribution in [2.75, 3.05) is 26.2 Å². The van der Waals surface area contributed by atoms with Gasteiger partial charge in [0.2, 0.25) is 5.91 Å². The molecular formula is C17H19BrF2N4O. The predicted octanol–water partition coefficient (Wildman–Crippen LogP) is 2.58. The molecule has 0 bridgehead atoms. The molecule has 2 heterocycles. The number of rotatable bonds is 4. The lowest BCUT2D eigenvalue weighted by Gasteiger charge is -2.34. The fourth-order valence-corrected chi connectivity index (χ4v) is 3.17. The monoisotopic (exact) mass is 412 g/mol. The molecule has 5 nitrogen and oxygen atoms in total. The highest BCUT2D eigenvalue weighted by Gasteiger charge is 2.23. The zero-order valence-electron chi connectivity index (χ0n) is 13.9. The first kappa shape index (κ1) is 18.0. The van der Waals surface area contributed by atoms with Gasteiger partial charge in [-0.3, -0.25) is 14.4 Å². The summed E-state index contributed by atoms with van der Waals surface area (Å²) in [5.41, 5.74) is 1.25. The zero-order valence-corrected chi connectivity index (χ0v) is 15.5. The average Bonchev–Trinajstić information content (AvgIpc) is 2.91. The average molecular weight is 413 g/mol. The summed E-state index contributed by atoms with van der Waals surface area (Å²) in [6.45, 7) is 4.84. The van der Waals surface area contributed by atoms with Crippen molar-refractivity contribution in [3.8, 4) is 0 Å². The van der Waals surface area contributed by atoms with Gasteiger partial charge in [0, 0.05) is 38.3 Å². The van der Waals surface area contributed by atoms with Gasteiger partial charge >= 0.3 is 0 Å². The van der Waals surface area contributed by atoms with Crippen molar-refractivity contribution in [3.05, 3.63) is 51.8 Å². The highest BCUT2D eigenvalue weighted by molar-refractivity contribution is 9.10. The summed E-state index contributed by atoms with van der Waals surface area (Å²) in [6.07, 6.45) is 1.67. The molecule has 3 rings (SSSR count). The van der Waals surface area contributed by atoms with E-state index in [-0.39, 0.29) is 12.5 Å². The first-order chi connectivity index (χ1) is 12.0. The Kier molecular flexibility index (Phi) is 5.48. The summed E-state index contributed by atoms with van der Waals surface area (Å²) in [6, 6.07) is 4.22. The van der Waals surface area contributed by atoms with Gasteiger partial charge in [-0.2, -0.15) is 5.10 Å². The molecule has 0 saturated carbocycles. The first-order valence-corrected chi connectivity index (χ1v) is 8.86. The quantitative estimate of drug-likeness (QED) is 0.774. The van der Waals surface area contributed by atoms with Crippen LogP contribution < -0.4 is 0 Å². The summed E-state index contributed by atoms with van der Waals surface area (Å²) in [5, 5.41) is 4.17. The third-order valence-corrected chi connectivity index (χ3v) is 5.26. The molecule has 8 heteroatoms. The number of piperazine rings is 1. The first-order valence-electron chi connectivity index (χ1n) is 8.06. The molecule has 25 heavy (non-hydrogen) atoms. The standard InChI is InChI=1S/C17H19BrF2N4O/c1-12-14(18)9-21-24(12)11-16(25)23-7-5-22(6-8-23)10-13-3-2-4-15(19)17(13)20/h2-4,9H,5-8,10-11H2,1H3.